The monoisotopic (exact) mass is 278 g/mol. The van der Waals surface area contributed by atoms with E-state index in [1.165, 1.54) is 18.5 Å². The Morgan fingerprint density at radius 1 is 1.25 bits per heavy atom. The third-order valence-corrected chi connectivity index (χ3v) is 3.55. The van der Waals surface area contributed by atoms with Gasteiger partial charge in [0.25, 0.3) is 0 Å². The molecule has 1 aromatic rings. The smallest absolute Gasteiger partial charge is 0.142 e. The first-order valence-electron chi connectivity index (χ1n) is 7.58. The summed E-state index contributed by atoms with van der Waals surface area (Å²) in [7, 11) is 1.74. The number of fused-ring (bicyclic) bond motifs is 1. The number of hydrogen-bond donors (Lipinski definition) is 1. The quantitative estimate of drug-likeness (QED) is 0.740. The van der Waals surface area contributed by atoms with E-state index in [1.807, 2.05) is 6.07 Å². The van der Waals surface area contributed by atoms with Crippen LogP contribution >= 0.6 is 0 Å². The van der Waals surface area contributed by atoms with E-state index in [1.54, 1.807) is 7.11 Å². The number of anilines is 1. The van der Waals surface area contributed by atoms with Crippen molar-refractivity contribution in [1.29, 1.82) is 0 Å². The second-order valence-corrected chi connectivity index (χ2v) is 5.11. The highest BCUT2D eigenvalue weighted by Crippen LogP contribution is 2.30. The molecule has 2 rings (SSSR count). The highest BCUT2D eigenvalue weighted by atomic mass is 16.5. The van der Waals surface area contributed by atoms with Crippen LogP contribution in [0.1, 0.15) is 19.3 Å². The van der Waals surface area contributed by atoms with Crippen LogP contribution in [-0.2, 0) is 4.74 Å². The van der Waals surface area contributed by atoms with Crippen LogP contribution in [0.4, 0.5) is 5.69 Å². The first kappa shape index (κ1) is 15.1. The van der Waals surface area contributed by atoms with Crippen LogP contribution in [0, 0.1) is 0 Å². The lowest BCUT2D eigenvalue weighted by Gasteiger charge is -2.23. The molecule has 4 nitrogen and oxygen atoms in total. The molecule has 0 saturated heterocycles. The highest BCUT2D eigenvalue weighted by Gasteiger charge is 2.14. The molecule has 0 aliphatic carbocycles. The molecule has 0 fully saturated rings. The zero-order valence-electron chi connectivity index (χ0n) is 12.4. The minimum Gasteiger partial charge on any atom is -0.491 e. The van der Waals surface area contributed by atoms with Crippen LogP contribution in [0.3, 0.4) is 0 Å². The number of nitrogens with zero attached hydrogens (tertiary/aromatic N) is 1. The summed E-state index contributed by atoms with van der Waals surface area (Å²) in [6.45, 7) is 5.82. The van der Waals surface area contributed by atoms with E-state index in [2.05, 4.69) is 28.4 Å². The summed E-state index contributed by atoms with van der Waals surface area (Å²) in [4.78, 5) is 2.46. The van der Waals surface area contributed by atoms with Crippen molar-refractivity contribution in [2.75, 3.05) is 51.4 Å². The Balaban J connectivity index is 1.72. The third-order valence-electron chi connectivity index (χ3n) is 3.55. The topological polar surface area (TPSA) is 33.7 Å². The maximum absolute atomic E-state index is 5.78. The van der Waals surface area contributed by atoms with Gasteiger partial charge in [0, 0.05) is 26.7 Å². The molecule has 0 unspecified atom stereocenters. The van der Waals surface area contributed by atoms with Gasteiger partial charge >= 0.3 is 0 Å². The molecule has 1 heterocycles. The summed E-state index contributed by atoms with van der Waals surface area (Å²) >= 11 is 0. The zero-order valence-corrected chi connectivity index (χ0v) is 12.4. The Hall–Kier alpha value is -1.26. The van der Waals surface area contributed by atoms with Crippen molar-refractivity contribution in [1.82, 2.24) is 5.32 Å². The lowest BCUT2D eigenvalue weighted by molar-refractivity contribution is 0.199. The second kappa shape index (κ2) is 8.82. The van der Waals surface area contributed by atoms with Gasteiger partial charge in [0.15, 0.2) is 0 Å². The zero-order chi connectivity index (χ0) is 14.0. The summed E-state index contributed by atoms with van der Waals surface area (Å²) < 4.78 is 10.8. The van der Waals surface area contributed by atoms with Gasteiger partial charge in [-0.1, -0.05) is 12.1 Å². The lowest BCUT2D eigenvalue weighted by atomic mass is 10.2. The van der Waals surface area contributed by atoms with E-state index in [4.69, 9.17) is 9.47 Å². The fourth-order valence-corrected chi connectivity index (χ4v) is 2.48. The number of hydrogen-bond acceptors (Lipinski definition) is 4. The molecule has 0 amide bonds. The Morgan fingerprint density at radius 2 is 2.15 bits per heavy atom. The highest BCUT2D eigenvalue weighted by molar-refractivity contribution is 5.58. The summed E-state index contributed by atoms with van der Waals surface area (Å²) in [5, 5.41) is 3.39. The number of benzene rings is 1. The standard InChI is InChI=1S/C16H26N2O2/c1-19-14-10-17-9-4-5-11-18-12-6-13-20-16-8-3-2-7-15(16)18/h2-3,7-8,17H,4-6,9-14H2,1H3. The molecule has 1 aliphatic rings. The number of rotatable bonds is 8. The minimum atomic E-state index is 0.789. The van der Waals surface area contributed by atoms with Gasteiger partial charge in [-0.05, 0) is 37.9 Å². The van der Waals surface area contributed by atoms with Gasteiger partial charge in [-0.2, -0.15) is 0 Å². The molecule has 1 aliphatic heterocycles. The van der Waals surface area contributed by atoms with Gasteiger partial charge in [0.2, 0.25) is 0 Å². The van der Waals surface area contributed by atoms with Crippen LogP contribution < -0.4 is 15.0 Å². The van der Waals surface area contributed by atoms with Gasteiger partial charge in [0.1, 0.15) is 5.75 Å². The van der Waals surface area contributed by atoms with Gasteiger partial charge < -0.3 is 19.7 Å². The van der Waals surface area contributed by atoms with E-state index in [-0.39, 0.29) is 0 Å². The van der Waals surface area contributed by atoms with Gasteiger partial charge in [-0.25, -0.2) is 0 Å². The first-order valence-corrected chi connectivity index (χ1v) is 7.58. The number of methoxy groups -OCH3 is 1. The van der Waals surface area contributed by atoms with Crippen molar-refractivity contribution in [3.63, 3.8) is 0 Å². The van der Waals surface area contributed by atoms with E-state index >= 15 is 0 Å². The molecular formula is C16H26N2O2. The Kier molecular flexibility index (Phi) is 6.68. The molecular weight excluding hydrogens is 252 g/mol. The predicted molar refractivity (Wildman–Crippen MR) is 82.7 cm³/mol. The number of para-hydroxylation sites is 2. The molecule has 112 valence electrons. The molecule has 0 aromatic heterocycles. The fraction of sp³-hybridized carbons (Fsp3) is 0.625. The predicted octanol–water partition coefficient (Wildman–Crippen LogP) is 2.29. The molecule has 0 saturated carbocycles. The Labute approximate surface area is 122 Å². The molecule has 4 heteroatoms. The molecule has 1 aromatic carbocycles. The second-order valence-electron chi connectivity index (χ2n) is 5.11. The maximum atomic E-state index is 5.78. The summed E-state index contributed by atoms with van der Waals surface area (Å²) in [5.41, 5.74) is 1.25. The third kappa shape index (κ3) is 4.69. The van der Waals surface area contributed by atoms with Gasteiger partial charge in [-0.15, -0.1) is 0 Å². The number of nitrogens with one attached hydrogen (secondary N) is 1. The van der Waals surface area contributed by atoms with Crippen molar-refractivity contribution in [3.05, 3.63) is 24.3 Å². The van der Waals surface area contributed by atoms with E-state index < -0.39 is 0 Å². The Morgan fingerprint density at radius 3 is 3.05 bits per heavy atom. The van der Waals surface area contributed by atoms with Gasteiger partial charge in [0.05, 0.1) is 18.9 Å². The van der Waals surface area contributed by atoms with Gasteiger partial charge in [-0.3, -0.25) is 0 Å². The van der Waals surface area contributed by atoms with Crippen molar-refractivity contribution in [3.8, 4) is 5.75 Å². The molecule has 20 heavy (non-hydrogen) atoms. The SMILES string of the molecule is COCCNCCCCN1CCCOc2ccccc21. The van der Waals surface area contributed by atoms with Crippen LogP contribution in [0.25, 0.3) is 0 Å². The van der Waals surface area contributed by atoms with Crippen molar-refractivity contribution >= 4 is 5.69 Å². The van der Waals surface area contributed by atoms with Crippen molar-refractivity contribution in [2.45, 2.75) is 19.3 Å². The summed E-state index contributed by atoms with van der Waals surface area (Å²) in [5.74, 6) is 1.03. The molecule has 0 spiro atoms. The number of ether oxygens (including phenoxy) is 2. The van der Waals surface area contributed by atoms with Crippen molar-refractivity contribution < 1.29 is 9.47 Å². The Bertz CT molecular complexity index is 384. The minimum absolute atomic E-state index is 0.789. The molecule has 0 atom stereocenters. The number of unbranched alkanes of at least 4 members (excludes halogenated alkanes) is 1. The van der Waals surface area contributed by atoms with Crippen LogP contribution in [0.2, 0.25) is 0 Å². The van der Waals surface area contributed by atoms with E-state index in [0.29, 0.717) is 0 Å². The lowest BCUT2D eigenvalue weighted by Crippen LogP contribution is -2.26. The molecule has 1 N–H and O–H groups in total. The normalized spacial score (nSPS) is 14.6. The molecule has 0 radical (unpaired) electrons. The average Bonchev–Trinajstić information content (AvgIpc) is 2.69. The van der Waals surface area contributed by atoms with E-state index in [9.17, 15) is 0 Å². The molecule has 0 bridgehead atoms. The summed E-state index contributed by atoms with van der Waals surface area (Å²) in [6.07, 6.45) is 3.50. The average molecular weight is 278 g/mol. The summed E-state index contributed by atoms with van der Waals surface area (Å²) in [6, 6.07) is 8.37. The van der Waals surface area contributed by atoms with E-state index in [0.717, 1.165) is 51.6 Å². The van der Waals surface area contributed by atoms with Crippen LogP contribution in [0.15, 0.2) is 24.3 Å². The van der Waals surface area contributed by atoms with Crippen LogP contribution in [0.5, 0.6) is 5.75 Å². The maximum Gasteiger partial charge on any atom is 0.142 e. The van der Waals surface area contributed by atoms with Crippen molar-refractivity contribution in [2.24, 2.45) is 0 Å². The fourth-order valence-electron chi connectivity index (χ4n) is 2.48. The van der Waals surface area contributed by atoms with Crippen LogP contribution in [-0.4, -0.2) is 46.5 Å². The first-order chi connectivity index (χ1) is 9.92. The largest absolute Gasteiger partial charge is 0.491 e.